The van der Waals surface area contributed by atoms with Gasteiger partial charge in [0.25, 0.3) is 0 Å². The van der Waals surface area contributed by atoms with Gasteiger partial charge in [0.1, 0.15) is 6.10 Å². The summed E-state index contributed by atoms with van der Waals surface area (Å²) in [6.45, 7) is 0.471. The lowest BCUT2D eigenvalue weighted by Gasteiger charge is -2.22. The van der Waals surface area contributed by atoms with E-state index >= 15 is 0 Å². The molecule has 0 bridgehead atoms. The Balaban J connectivity index is 3.50. The standard InChI is InChI=1S/C17H7F15O6/c1-5(36-9(33)12(18,19)15(24,25)26)6-2-3-7(37-10(34)13(20,21)16(27,28)29)8(4-6)38-11(35)14(22,23)17(30,31)32/h2-5H,1H3. The SMILES string of the molecule is CC(OC(=O)C(F)(F)C(F)(F)F)c1ccc(OC(=O)C(F)(F)C(F)(F)F)c(OC(=O)C(F)(F)C(F)(F)F)c1. The Morgan fingerprint density at radius 3 is 1.29 bits per heavy atom. The number of halogens is 15. The van der Waals surface area contributed by atoms with Crippen LogP contribution >= 0.6 is 0 Å². The van der Waals surface area contributed by atoms with Crippen LogP contribution in [0, 0.1) is 0 Å². The van der Waals surface area contributed by atoms with Crippen LogP contribution in [0.15, 0.2) is 18.2 Å². The second-order valence-electron chi connectivity index (χ2n) is 6.75. The lowest BCUT2D eigenvalue weighted by Crippen LogP contribution is -2.47. The van der Waals surface area contributed by atoms with E-state index in [1.807, 2.05) is 0 Å². The molecule has 0 spiro atoms. The molecule has 216 valence electrons. The molecular weight excluding hydrogens is 585 g/mol. The second kappa shape index (κ2) is 10.0. The highest BCUT2D eigenvalue weighted by atomic mass is 19.4. The van der Waals surface area contributed by atoms with E-state index in [0.29, 0.717) is 6.92 Å². The molecule has 1 unspecified atom stereocenters. The molecule has 0 aliphatic heterocycles. The molecule has 0 aliphatic rings. The van der Waals surface area contributed by atoms with E-state index in [9.17, 15) is 80.2 Å². The second-order valence-corrected chi connectivity index (χ2v) is 6.75. The van der Waals surface area contributed by atoms with E-state index in [0.717, 1.165) is 0 Å². The Kier molecular flexibility index (Phi) is 8.62. The molecular formula is C17H7F15O6. The molecule has 0 saturated heterocycles. The molecule has 0 amide bonds. The van der Waals surface area contributed by atoms with E-state index in [2.05, 4.69) is 14.2 Å². The summed E-state index contributed by atoms with van der Waals surface area (Å²) in [4.78, 5) is 33.7. The number of ether oxygens (including phenoxy) is 3. The van der Waals surface area contributed by atoms with Crippen LogP contribution in [-0.2, 0) is 19.1 Å². The summed E-state index contributed by atoms with van der Waals surface area (Å²) in [6, 6.07) is 0.0832. The van der Waals surface area contributed by atoms with Crippen molar-refractivity contribution in [1.29, 1.82) is 0 Å². The monoisotopic (exact) mass is 592 g/mol. The Morgan fingerprint density at radius 2 is 0.921 bits per heavy atom. The fraction of sp³-hybridized carbons (Fsp3) is 0.471. The van der Waals surface area contributed by atoms with E-state index in [1.165, 1.54) is 0 Å². The largest absolute Gasteiger partial charge is 0.465 e. The minimum Gasteiger partial charge on any atom is -0.453 e. The quantitative estimate of drug-likeness (QED) is 0.230. The van der Waals surface area contributed by atoms with Crippen LogP contribution in [0.4, 0.5) is 65.9 Å². The maximum Gasteiger partial charge on any atom is 0.465 e. The first-order chi connectivity index (χ1) is 16.7. The van der Waals surface area contributed by atoms with Gasteiger partial charge in [0.2, 0.25) is 0 Å². The molecule has 0 radical (unpaired) electrons. The minimum atomic E-state index is -6.67. The van der Waals surface area contributed by atoms with Crippen LogP contribution in [0.25, 0.3) is 0 Å². The maximum absolute atomic E-state index is 13.2. The highest BCUT2D eigenvalue weighted by molar-refractivity contribution is 5.84. The van der Waals surface area contributed by atoms with Crippen LogP contribution in [0.3, 0.4) is 0 Å². The fourth-order valence-corrected chi connectivity index (χ4v) is 1.92. The van der Waals surface area contributed by atoms with Gasteiger partial charge >= 0.3 is 54.2 Å². The van der Waals surface area contributed by atoms with Crippen LogP contribution < -0.4 is 9.47 Å². The van der Waals surface area contributed by atoms with Crippen molar-refractivity contribution in [1.82, 2.24) is 0 Å². The van der Waals surface area contributed by atoms with E-state index in [1.54, 1.807) is 0 Å². The van der Waals surface area contributed by atoms with E-state index in [-0.39, 0.29) is 18.2 Å². The average Bonchev–Trinajstić information content (AvgIpc) is 2.71. The lowest BCUT2D eigenvalue weighted by atomic mass is 10.1. The predicted octanol–water partition coefficient (Wildman–Crippen LogP) is 5.69. The maximum atomic E-state index is 13.2. The molecule has 0 saturated carbocycles. The highest BCUT2D eigenvalue weighted by Crippen LogP contribution is 2.42. The Hall–Kier alpha value is -3.42. The molecule has 0 fully saturated rings. The van der Waals surface area contributed by atoms with Crippen molar-refractivity contribution in [3.8, 4) is 11.5 Å². The van der Waals surface area contributed by atoms with Gasteiger partial charge in [0.05, 0.1) is 0 Å². The summed E-state index contributed by atoms with van der Waals surface area (Å²) in [5.74, 6) is -33.1. The van der Waals surface area contributed by atoms with Crippen molar-refractivity contribution in [3.63, 3.8) is 0 Å². The molecule has 38 heavy (non-hydrogen) atoms. The Labute approximate surface area is 198 Å². The third-order valence-corrected chi connectivity index (χ3v) is 3.96. The van der Waals surface area contributed by atoms with Crippen molar-refractivity contribution in [3.05, 3.63) is 23.8 Å². The van der Waals surface area contributed by atoms with E-state index in [4.69, 9.17) is 0 Å². The molecule has 1 aromatic rings. The number of alkyl halides is 15. The van der Waals surface area contributed by atoms with Gasteiger partial charge in [-0.25, -0.2) is 14.4 Å². The number of hydrogen-bond donors (Lipinski definition) is 0. The number of benzene rings is 1. The Morgan fingerprint density at radius 1 is 0.579 bits per heavy atom. The summed E-state index contributed by atoms with van der Waals surface area (Å²) in [6.07, 6.45) is -22.1. The summed E-state index contributed by atoms with van der Waals surface area (Å²) in [5.41, 5.74) is -1.02. The topological polar surface area (TPSA) is 78.9 Å². The van der Waals surface area contributed by atoms with Gasteiger partial charge in [-0.1, -0.05) is 6.07 Å². The van der Waals surface area contributed by atoms with Gasteiger partial charge in [-0.05, 0) is 24.6 Å². The molecule has 1 rings (SSSR count). The highest BCUT2D eigenvalue weighted by Gasteiger charge is 2.67. The smallest absolute Gasteiger partial charge is 0.453 e. The van der Waals surface area contributed by atoms with Crippen molar-refractivity contribution < 1.29 is 94.5 Å². The molecule has 0 aromatic heterocycles. The third-order valence-electron chi connectivity index (χ3n) is 3.96. The zero-order chi connectivity index (χ0) is 30.3. The van der Waals surface area contributed by atoms with Crippen molar-refractivity contribution >= 4 is 17.9 Å². The summed E-state index contributed by atoms with van der Waals surface area (Å²) in [7, 11) is 0. The van der Waals surface area contributed by atoms with Crippen LogP contribution in [0.1, 0.15) is 18.6 Å². The van der Waals surface area contributed by atoms with E-state index < -0.39 is 77.4 Å². The molecule has 21 heteroatoms. The van der Waals surface area contributed by atoms with Gasteiger partial charge < -0.3 is 14.2 Å². The number of carbonyl (C=O) groups excluding carboxylic acids is 3. The van der Waals surface area contributed by atoms with Gasteiger partial charge in [0, 0.05) is 0 Å². The number of carbonyl (C=O) groups is 3. The van der Waals surface area contributed by atoms with Crippen LogP contribution in [0.2, 0.25) is 0 Å². The van der Waals surface area contributed by atoms with Gasteiger partial charge in [-0.2, -0.15) is 65.9 Å². The van der Waals surface area contributed by atoms with Crippen LogP contribution in [-0.4, -0.2) is 54.2 Å². The minimum absolute atomic E-state index is 0.0414. The lowest BCUT2D eigenvalue weighted by molar-refractivity contribution is -0.282. The third kappa shape index (κ3) is 6.52. The fourth-order valence-electron chi connectivity index (χ4n) is 1.92. The molecule has 1 atom stereocenters. The first kappa shape index (κ1) is 32.6. The van der Waals surface area contributed by atoms with Crippen LogP contribution in [0.5, 0.6) is 11.5 Å². The molecule has 0 heterocycles. The zero-order valence-electron chi connectivity index (χ0n) is 17.4. The summed E-state index contributed by atoms with van der Waals surface area (Å²) < 4.78 is 200. The zero-order valence-corrected chi connectivity index (χ0v) is 17.4. The molecule has 0 N–H and O–H groups in total. The molecule has 1 aromatic carbocycles. The van der Waals surface area contributed by atoms with Gasteiger partial charge in [-0.15, -0.1) is 0 Å². The predicted molar refractivity (Wildman–Crippen MR) is 85.2 cm³/mol. The summed E-state index contributed by atoms with van der Waals surface area (Å²) >= 11 is 0. The van der Waals surface area contributed by atoms with Crippen molar-refractivity contribution in [2.24, 2.45) is 0 Å². The van der Waals surface area contributed by atoms with Crippen molar-refractivity contribution in [2.75, 3.05) is 0 Å². The first-order valence-electron chi connectivity index (χ1n) is 8.81. The Bertz CT molecular complexity index is 1070. The normalized spacial score (nSPS) is 14.5. The molecule has 0 aliphatic carbocycles. The number of esters is 3. The van der Waals surface area contributed by atoms with Crippen molar-refractivity contribution in [2.45, 2.75) is 49.3 Å². The number of rotatable bonds is 7. The van der Waals surface area contributed by atoms with Gasteiger partial charge in [0.15, 0.2) is 11.5 Å². The summed E-state index contributed by atoms with van der Waals surface area (Å²) in [5, 5.41) is 0. The average molecular weight is 592 g/mol. The number of hydrogen-bond acceptors (Lipinski definition) is 6. The van der Waals surface area contributed by atoms with Gasteiger partial charge in [-0.3, -0.25) is 0 Å². The molecule has 6 nitrogen and oxygen atoms in total. The first-order valence-corrected chi connectivity index (χ1v) is 8.81.